The zero-order valence-corrected chi connectivity index (χ0v) is 8.26. The van der Waals surface area contributed by atoms with Crippen LogP contribution < -0.4 is 5.32 Å². The zero-order chi connectivity index (χ0) is 9.10. The monoisotopic (exact) mass is 177 g/mol. The molecule has 1 heteroatoms. The molecule has 3 aliphatic carbocycles. The highest BCUT2D eigenvalue weighted by atomic mass is 14.9. The van der Waals surface area contributed by atoms with Crippen molar-refractivity contribution in [2.75, 3.05) is 6.54 Å². The van der Waals surface area contributed by atoms with Gasteiger partial charge in [0.2, 0.25) is 0 Å². The van der Waals surface area contributed by atoms with E-state index in [0.717, 1.165) is 30.8 Å². The van der Waals surface area contributed by atoms with Crippen LogP contribution in [-0.4, -0.2) is 12.6 Å². The van der Waals surface area contributed by atoms with Crippen LogP contribution in [0.2, 0.25) is 0 Å². The summed E-state index contributed by atoms with van der Waals surface area (Å²) in [7, 11) is 0. The molecule has 1 nitrogen and oxygen atoms in total. The lowest BCUT2D eigenvalue weighted by Crippen LogP contribution is -2.44. The lowest BCUT2D eigenvalue weighted by Gasteiger charge is -2.42. The Bertz CT molecular complexity index is 196. The fraction of sp³-hybridized carbons (Fsp3) is 0.833. The van der Waals surface area contributed by atoms with Crippen LogP contribution in [0.1, 0.15) is 38.5 Å². The van der Waals surface area contributed by atoms with Crippen molar-refractivity contribution in [1.82, 2.24) is 5.32 Å². The standard InChI is InChI=1S/C12H19N/c1-2-3-8-13-12-9-10-4-6-11(12)7-5-10/h1,10-13H,3-9H2. The first kappa shape index (κ1) is 9.09. The number of fused-ring (bicyclic) bond motifs is 3. The highest BCUT2D eigenvalue weighted by Gasteiger charge is 2.34. The lowest BCUT2D eigenvalue weighted by atomic mass is 9.68. The van der Waals surface area contributed by atoms with Crippen LogP contribution in [0.3, 0.4) is 0 Å². The molecular formula is C12H19N. The van der Waals surface area contributed by atoms with Crippen LogP contribution in [-0.2, 0) is 0 Å². The molecule has 2 bridgehead atoms. The predicted molar refractivity (Wildman–Crippen MR) is 55.3 cm³/mol. The summed E-state index contributed by atoms with van der Waals surface area (Å²) >= 11 is 0. The molecule has 72 valence electrons. The first-order valence-corrected chi connectivity index (χ1v) is 5.57. The van der Waals surface area contributed by atoms with E-state index in [2.05, 4.69) is 11.2 Å². The smallest absolute Gasteiger partial charge is 0.0212 e. The topological polar surface area (TPSA) is 12.0 Å². The average Bonchev–Trinajstić information content (AvgIpc) is 2.20. The van der Waals surface area contributed by atoms with E-state index in [1.807, 2.05) is 0 Å². The molecule has 1 unspecified atom stereocenters. The fourth-order valence-corrected chi connectivity index (χ4v) is 2.96. The normalized spacial score (nSPS) is 37.3. The van der Waals surface area contributed by atoms with Crippen molar-refractivity contribution in [2.24, 2.45) is 11.8 Å². The molecule has 0 radical (unpaired) electrons. The van der Waals surface area contributed by atoms with Gasteiger partial charge in [0.1, 0.15) is 0 Å². The summed E-state index contributed by atoms with van der Waals surface area (Å²) in [6.07, 6.45) is 13.4. The third kappa shape index (κ3) is 2.06. The Balaban J connectivity index is 1.77. The van der Waals surface area contributed by atoms with Crippen molar-refractivity contribution in [2.45, 2.75) is 44.6 Å². The Morgan fingerprint density at radius 1 is 1.23 bits per heavy atom. The number of hydrogen-bond donors (Lipinski definition) is 1. The molecule has 0 aromatic carbocycles. The maximum absolute atomic E-state index is 5.23. The quantitative estimate of drug-likeness (QED) is 0.514. The summed E-state index contributed by atoms with van der Waals surface area (Å²) in [5.41, 5.74) is 0. The van der Waals surface area contributed by atoms with Crippen LogP contribution in [0.4, 0.5) is 0 Å². The molecule has 0 aliphatic heterocycles. The zero-order valence-electron chi connectivity index (χ0n) is 8.26. The van der Waals surface area contributed by atoms with E-state index < -0.39 is 0 Å². The van der Waals surface area contributed by atoms with Crippen molar-refractivity contribution in [3.05, 3.63) is 0 Å². The molecule has 0 amide bonds. The molecule has 13 heavy (non-hydrogen) atoms. The number of hydrogen-bond acceptors (Lipinski definition) is 1. The van der Waals surface area contributed by atoms with Crippen molar-refractivity contribution in [3.63, 3.8) is 0 Å². The fourth-order valence-electron chi connectivity index (χ4n) is 2.96. The predicted octanol–water partition coefficient (Wildman–Crippen LogP) is 2.18. The third-order valence-corrected chi connectivity index (χ3v) is 3.72. The Morgan fingerprint density at radius 3 is 2.54 bits per heavy atom. The molecule has 1 N–H and O–H groups in total. The van der Waals surface area contributed by atoms with Gasteiger partial charge in [-0.05, 0) is 31.1 Å². The van der Waals surface area contributed by atoms with Gasteiger partial charge in [0, 0.05) is 19.0 Å². The first-order chi connectivity index (χ1) is 6.40. The minimum Gasteiger partial charge on any atom is -0.313 e. The van der Waals surface area contributed by atoms with Gasteiger partial charge < -0.3 is 5.32 Å². The molecule has 3 rings (SSSR count). The van der Waals surface area contributed by atoms with Gasteiger partial charge in [0.25, 0.3) is 0 Å². The van der Waals surface area contributed by atoms with Crippen LogP contribution in [0.25, 0.3) is 0 Å². The number of rotatable bonds is 3. The third-order valence-electron chi connectivity index (χ3n) is 3.72. The molecule has 0 aromatic rings. The molecule has 0 aromatic heterocycles. The summed E-state index contributed by atoms with van der Waals surface area (Å²) in [4.78, 5) is 0. The minimum atomic E-state index is 0.792. The molecule has 3 aliphatic rings. The maximum Gasteiger partial charge on any atom is 0.0212 e. The molecule has 1 atom stereocenters. The van der Waals surface area contributed by atoms with Crippen LogP contribution in [0, 0.1) is 24.2 Å². The molecule has 3 saturated carbocycles. The lowest BCUT2D eigenvalue weighted by molar-refractivity contribution is 0.125. The highest BCUT2D eigenvalue weighted by molar-refractivity contribution is 4.91. The Hall–Kier alpha value is -0.480. The van der Waals surface area contributed by atoms with Crippen LogP contribution in [0.15, 0.2) is 0 Å². The van der Waals surface area contributed by atoms with E-state index in [9.17, 15) is 0 Å². The second-order valence-corrected chi connectivity index (χ2v) is 4.53. The van der Waals surface area contributed by atoms with Crippen molar-refractivity contribution < 1.29 is 0 Å². The highest BCUT2D eigenvalue weighted by Crippen LogP contribution is 2.41. The van der Waals surface area contributed by atoms with E-state index >= 15 is 0 Å². The van der Waals surface area contributed by atoms with Gasteiger partial charge in [-0.25, -0.2) is 0 Å². The van der Waals surface area contributed by atoms with Crippen molar-refractivity contribution in [3.8, 4) is 12.3 Å². The molecule has 0 heterocycles. The van der Waals surface area contributed by atoms with Crippen molar-refractivity contribution >= 4 is 0 Å². The summed E-state index contributed by atoms with van der Waals surface area (Å²) in [6, 6.07) is 0.792. The van der Waals surface area contributed by atoms with Gasteiger partial charge in [-0.15, -0.1) is 12.3 Å². The minimum absolute atomic E-state index is 0.792. The van der Waals surface area contributed by atoms with Gasteiger partial charge in [-0.3, -0.25) is 0 Å². The van der Waals surface area contributed by atoms with E-state index in [-0.39, 0.29) is 0 Å². The Labute approximate surface area is 81.3 Å². The summed E-state index contributed by atoms with van der Waals surface area (Å²) in [5, 5.41) is 3.61. The average molecular weight is 177 g/mol. The van der Waals surface area contributed by atoms with E-state index in [1.54, 1.807) is 0 Å². The molecule has 0 saturated heterocycles. The van der Waals surface area contributed by atoms with E-state index in [1.165, 1.54) is 32.1 Å². The number of nitrogens with one attached hydrogen (secondary N) is 1. The van der Waals surface area contributed by atoms with Gasteiger partial charge in [-0.1, -0.05) is 12.8 Å². The van der Waals surface area contributed by atoms with E-state index in [4.69, 9.17) is 6.42 Å². The molecular weight excluding hydrogens is 158 g/mol. The van der Waals surface area contributed by atoms with Gasteiger partial charge in [0.15, 0.2) is 0 Å². The first-order valence-electron chi connectivity index (χ1n) is 5.57. The largest absolute Gasteiger partial charge is 0.313 e. The Morgan fingerprint density at radius 2 is 2.00 bits per heavy atom. The molecule has 0 spiro atoms. The van der Waals surface area contributed by atoms with Crippen LogP contribution in [0.5, 0.6) is 0 Å². The van der Waals surface area contributed by atoms with Gasteiger partial charge in [-0.2, -0.15) is 0 Å². The summed E-state index contributed by atoms with van der Waals surface area (Å²) in [5.74, 6) is 4.67. The number of terminal acetylenes is 1. The maximum atomic E-state index is 5.23. The SMILES string of the molecule is C#CCCNC1CC2CCC1CC2. The second kappa shape index (κ2) is 4.15. The molecule has 3 fully saturated rings. The Kier molecular flexibility index (Phi) is 2.90. The summed E-state index contributed by atoms with van der Waals surface area (Å²) < 4.78 is 0. The van der Waals surface area contributed by atoms with Crippen molar-refractivity contribution in [1.29, 1.82) is 0 Å². The van der Waals surface area contributed by atoms with Gasteiger partial charge in [0.05, 0.1) is 0 Å². The van der Waals surface area contributed by atoms with E-state index in [0.29, 0.717) is 0 Å². The van der Waals surface area contributed by atoms with Crippen LogP contribution >= 0.6 is 0 Å². The van der Waals surface area contributed by atoms with Gasteiger partial charge >= 0.3 is 0 Å². The second-order valence-electron chi connectivity index (χ2n) is 4.53. The summed E-state index contributed by atoms with van der Waals surface area (Å²) in [6.45, 7) is 1.02.